The van der Waals surface area contributed by atoms with E-state index in [2.05, 4.69) is 45.0 Å². The number of fused-ring (bicyclic) bond motifs is 1. The molecule has 0 aliphatic rings. The largest absolute Gasteiger partial charge is 0.488 e. The van der Waals surface area contributed by atoms with Gasteiger partial charge in [-0.05, 0) is 46.7 Å². The van der Waals surface area contributed by atoms with E-state index in [0.29, 0.717) is 23.8 Å². The van der Waals surface area contributed by atoms with E-state index >= 15 is 0 Å². The molecule has 0 radical (unpaired) electrons. The molecular weight excluding hydrogens is 416 g/mol. The number of para-hydroxylation sites is 1. The first-order valence-electron chi connectivity index (χ1n) is 10.4. The van der Waals surface area contributed by atoms with E-state index in [1.54, 1.807) is 18.2 Å². The maximum atomic E-state index is 12.4. The number of aromatic amines is 1. The van der Waals surface area contributed by atoms with Gasteiger partial charge in [-0.15, -0.1) is 0 Å². The third kappa shape index (κ3) is 4.52. The number of amides is 1. The van der Waals surface area contributed by atoms with Gasteiger partial charge in [-0.2, -0.15) is 10.2 Å². The van der Waals surface area contributed by atoms with Crippen LogP contribution in [0, 0.1) is 0 Å². The van der Waals surface area contributed by atoms with Crippen LogP contribution in [0.3, 0.4) is 0 Å². The number of hydrogen-bond acceptors (Lipinski definition) is 5. The van der Waals surface area contributed by atoms with Crippen LogP contribution in [-0.4, -0.2) is 22.3 Å². The molecule has 0 aliphatic heterocycles. The zero-order chi connectivity index (χ0) is 22.5. The number of nitrogens with one attached hydrogen (secondary N) is 2. The van der Waals surface area contributed by atoms with Crippen molar-refractivity contribution in [3.05, 3.63) is 108 Å². The van der Waals surface area contributed by atoms with Crippen LogP contribution in [0.4, 0.5) is 0 Å². The summed E-state index contributed by atoms with van der Waals surface area (Å²) >= 11 is 0. The van der Waals surface area contributed by atoms with Gasteiger partial charge in [0, 0.05) is 5.56 Å². The number of carbonyl (C=O) groups excluding carboxylic acids is 1. The second-order valence-corrected chi connectivity index (χ2v) is 7.30. The summed E-state index contributed by atoms with van der Waals surface area (Å²) in [5.41, 5.74) is 5.21. The second kappa shape index (κ2) is 9.23. The quantitative estimate of drug-likeness (QED) is 0.272. The third-order valence-electron chi connectivity index (χ3n) is 5.15. The highest BCUT2D eigenvalue weighted by Crippen LogP contribution is 2.30. The molecule has 0 fully saturated rings. The summed E-state index contributed by atoms with van der Waals surface area (Å²) in [6.45, 7) is 0.414. The molecule has 0 atom stereocenters. The fourth-order valence-electron chi connectivity index (χ4n) is 3.53. The predicted molar refractivity (Wildman–Crippen MR) is 126 cm³/mol. The van der Waals surface area contributed by atoms with Crippen LogP contribution in [0.15, 0.2) is 101 Å². The van der Waals surface area contributed by atoms with Crippen LogP contribution in [0.2, 0.25) is 0 Å². The molecule has 5 aromatic rings. The minimum Gasteiger partial charge on any atom is -0.488 e. The summed E-state index contributed by atoms with van der Waals surface area (Å²) in [4.78, 5) is 12.4. The minimum absolute atomic E-state index is 0.283. The first-order chi connectivity index (χ1) is 16.3. The van der Waals surface area contributed by atoms with Gasteiger partial charge in [-0.3, -0.25) is 9.89 Å². The van der Waals surface area contributed by atoms with Gasteiger partial charge in [-0.1, -0.05) is 54.6 Å². The van der Waals surface area contributed by atoms with Gasteiger partial charge in [-0.25, -0.2) is 5.43 Å². The summed E-state index contributed by atoms with van der Waals surface area (Å²) < 4.78 is 11.3. The Morgan fingerprint density at radius 2 is 1.88 bits per heavy atom. The first kappa shape index (κ1) is 20.3. The van der Waals surface area contributed by atoms with Crippen molar-refractivity contribution in [2.45, 2.75) is 6.61 Å². The molecule has 3 aromatic carbocycles. The number of furan rings is 1. The Morgan fingerprint density at radius 1 is 1.03 bits per heavy atom. The van der Waals surface area contributed by atoms with Gasteiger partial charge in [0.05, 0.1) is 18.2 Å². The number of nitrogens with zero attached hydrogens (tertiary/aromatic N) is 2. The zero-order valence-corrected chi connectivity index (χ0v) is 17.6. The lowest BCUT2D eigenvalue weighted by Gasteiger charge is -2.12. The standard InChI is InChI=1S/C26H20N4O3/c31-26(30-27-16-20-10-6-14-32-20)24-15-23(28-29-24)22-12-3-4-13-25(22)33-17-19-9-5-8-18-7-1-2-11-21(18)19/h1-16H,17H2,(H,28,29)(H,30,31). The van der Waals surface area contributed by atoms with Gasteiger partial charge in [0.25, 0.3) is 5.91 Å². The van der Waals surface area contributed by atoms with Crippen LogP contribution < -0.4 is 10.2 Å². The highest BCUT2D eigenvalue weighted by Gasteiger charge is 2.14. The van der Waals surface area contributed by atoms with Gasteiger partial charge in [0.2, 0.25) is 0 Å². The molecule has 0 unspecified atom stereocenters. The summed E-state index contributed by atoms with van der Waals surface area (Å²) in [6, 6.07) is 27.1. The minimum atomic E-state index is -0.411. The van der Waals surface area contributed by atoms with Crippen LogP contribution >= 0.6 is 0 Å². The average Bonchev–Trinajstić information content (AvgIpc) is 3.55. The Morgan fingerprint density at radius 3 is 2.79 bits per heavy atom. The Balaban J connectivity index is 1.32. The van der Waals surface area contributed by atoms with E-state index in [9.17, 15) is 4.79 Å². The number of hydrazone groups is 1. The van der Waals surface area contributed by atoms with E-state index in [-0.39, 0.29) is 5.69 Å². The lowest BCUT2D eigenvalue weighted by Crippen LogP contribution is -2.17. The van der Waals surface area contributed by atoms with Gasteiger partial charge < -0.3 is 9.15 Å². The smallest absolute Gasteiger partial charge is 0.289 e. The molecule has 5 rings (SSSR count). The maximum absolute atomic E-state index is 12.4. The van der Waals surface area contributed by atoms with Crippen molar-refractivity contribution in [1.29, 1.82) is 0 Å². The van der Waals surface area contributed by atoms with Crippen molar-refractivity contribution in [3.63, 3.8) is 0 Å². The van der Waals surface area contributed by atoms with Crippen LogP contribution in [-0.2, 0) is 6.61 Å². The topological polar surface area (TPSA) is 92.5 Å². The predicted octanol–water partition coefficient (Wildman–Crippen LogP) is 5.17. The van der Waals surface area contributed by atoms with Crippen molar-refractivity contribution in [2.75, 3.05) is 0 Å². The Hall–Kier alpha value is -4.65. The van der Waals surface area contributed by atoms with Crippen LogP contribution in [0.5, 0.6) is 5.75 Å². The zero-order valence-electron chi connectivity index (χ0n) is 17.6. The van der Waals surface area contributed by atoms with Crippen molar-refractivity contribution in [2.24, 2.45) is 5.10 Å². The number of rotatable bonds is 7. The second-order valence-electron chi connectivity index (χ2n) is 7.30. The summed E-state index contributed by atoms with van der Waals surface area (Å²) in [7, 11) is 0. The van der Waals surface area contributed by atoms with E-state index in [0.717, 1.165) is 16.5 Å². The Bertz CT molecular complexity index is 1420. The fraction of sp³-hybridized carbons (Fsp3) is 0.0385. The van der Waals surface area contributed by atoms with E-state index in [4.69, 9.17) is 9.15 Å². The molecule has 0 saturated heterocycles. The molecule has 2 N–H and O–H groups in total. The van der Waals surface area contributed by atoms with Crippen molar-refractivity contribution < 1.29 is 13.9 Å². The van der Waals surface area contributed by atoms with Crippen molar-refractivity contribution in [3.8, 4) is 17.0 Å². The van der Waals surface area contributed by atoms with Crippen LogP contribution in [0.25, 0.3) is 22.0 Å². The molecule has 7 nitrogen and oxygen atoms in total. The normalized spacial score (nSPS) is 11.2. The number of benzene rings is 3. The monoisotopic (exact) mass is 436 g/mol. The molecule has 0 bridgehead atoms. The molecule has 0 saturated carbocycles. The van der Waals surface area contributed by atoms with E-state index < -0.39 is 5.91 Å². The number of aromatic nitrogens is 2. The SMILES string of the molecule is O=C(NN=Cc1ccco1)c1cc(-c2ccccc2OCc2cccc3ccccc23)n[nH]1. The maximum Gasteiger partial charge on any atom is 0.289 e. The first-order valence-corrected chi connectivity index (χ1v) is 10.4. The number of carbonyl (C=O) groups is 1. The highest BCUT2D eigenvalue weighted by atomic mass is 16.5. The van der Waals surface area contributed by atoms with Crippen LogP contribution in [0.1, 0.15) is 21.8 Å². The fourth-order valence-corrected chi connectivity index (χ4v) is 3.53. The number of hydrogen-bond donors (Lipinski definition) is 2. The highest BCUT2D eigenvalue weighted by molar-refractivity contribution is 5.94. The number of H-pyrrole nitrogens is 1. The van der Waals surface area contributed by atoms with Gasteiger partial charge in [0.15, 0.2) is 0 Å². The Labute approximate surface area is 189 Å². The molecule has 33 heavy (non-hydrogen) atoms. The summed E-state index contributed by atoms with van der Waals surface area (Å²) in [6.07, 6.45) is 2.95. The Kier molecular flexibility index (Phi) is 5.67. The van der Waals surface area contributed by atoms with E-state index in [1.165, 1.54) is 17.9 Å². The average molecular weight is 436 g/mol. The van der Waals surface area contributed by atoms with Gasteiger partial charge in [0.1, 0.15) is 23.8 Å². The van der Waals surface area contributed by atoms with Crippen molar-refractivity contribution in [1.82, 2.24) is 15.6 Å². The third-order valence-corrected chi connectivity index (χ3v) is 5.15. The summed E-state index contributed by atoms with van der Waals surface area (Å²) in [5, 5.41) is 13.3. The molecular formula is C26H20N4O3. The molecule has 162 valence electrons. The summed E-state index contributed by atoms with van der Waals surface area (Å²) in [5.74, 6) is 0.809. The number of ether oxygens (including phenoxy) is 1. The van der Waals surface area contributed by atoms with E-state index in [1.807, 2.05) is 42.5 Å². The van der Waals surface area contributed by atoms with Crippen molar-refractivity contribution >= 4 is 22.9 Å². The molecule has 2 heterocycles. The lowest BCUT2D eigenvalue weighted by atomic mass is 10.1. The molecule has 1 amide bonds. The molecule has 7 heteroatoms. The van der Waals surface area contributed by atoms with Gasteiger partial charge >= 0.3 is 0 Å². The lowest BCUT2D eigenvalue weighted by molar-refractivity contribution is 0.0950. The molecule has 0 spiro atoms. The molecule has 0 aliphatic carbocycles. The molecule has 2 aromatic heterocycles.